The van der Waals surface area contributed by atoms with Crippen molar-refractivity contribution in [2.45, 2.75) is 12.3 Å². The molecule has 2 aliphatic heterocycles. The fraction of sp³-hybridized carbons (Fsp3) is 0.462. The van der Waals surface area contributed by atoms with Gasteiger partial charge < -0.3 is 15.2 Å². The van der Waals surface area contributed by atoms with Gasteiger partial charge in [0.05, 0.1) is 12.5 Å². The van der Waals surface area contributed by atoms with E-state index in [9.17, 15) is 9.90 Å². The Morgan fingerprint density at radius 3 is 3.12 bits per heavy atom. The van der Waals surface area contributed by atoms with E-state index in [1.807, 2.05) is 12.1 Å². The van der Waals surface area contributed by atoms with Gasteiger partial charge in [0.1, 0.15) is 5.75 Å². The van der Waals surface area contributed by atoms with Crippen LogP contribution >= 0.6 is 0 Å². The van der Waals surface area contributed by atoms with Crippen LogP contribution in [0, 0.1) is 5.92 Å². The van der Waals surface area contributed by atoms with E-state index in [-0.39, 0.29) is 11.8 Å². The maximum Gasteiger partial charge on any atom is 0.308 e. The van der Waals surface area contributed by atoms with Gasteiger partial charge in [-0.15, -0.1) is 0 Å². The Labute approximate surface area is 99.6 Å². The lowest BCUT2D eigenvalue weighted by molar-refractivity contribution is -0.141. The molecule has 0 spiro atoms. The molecule has 0 amide bonds. The average Bonchev–Trinajstić information content (AvgIpc) is 2.96. The summed E-state index contributed by atoms with van der Waals surface area (Å²) in [6.07, 6.45) is 0.932. The van der Waals surface area contributed by atoms with Gasteiger partial charge in [0.25, 0.3) is 0 Å². The quantitative estimate of drug-likeness (QED) is 0.800. The molecule has 2 N–H and O–H groups in total. The van der Waals surface area contributed by atoms with E-state index >= 15 is 0 Å². The normalized spacial score (nSPS) is 26.6. The van der Waals surface area contributed by atoms with Crippen molar-refractivity contribution < 1.29 is 14.6 Å². The van der Waals surface area contributed by atoms with Gasteiger partial charge in [-0.2, -0.15) is 0 Å². The lowest BCUT2D eigenvalue weighted by atomic mass is 9.88. The third-order valence-electron chi connectivity index (χ3n) is 3.67. The highest BCUT2D eigenvalue weighted by Crippen LogP contribution is 2.33. The Balaban J connectivity index is 1.91. The first-order valence-corrected chi connectivity index (χ1v) is 5.95. The molecule has 0 aromatic heterocycles. The molecule has 0 unspecified atom stereocenters. The summed E-state index contributed by atoms with van der Waals surface area (Å²) >= 11 is 0. The van der Waals surface area contributed by atoms with Gasteiger partial charge in [-0.3, -0.25) is 4.79 Å². The van der Waals surface area contributed by atoms with Gasteiger partial charge in [0, 0.05) is 25.4 Å². The predicted octanol–water partition coefficient (Wildman–Crippen LogP) is 1.01. The zero-order valence-corrected chi connectivity index (χ0v) is 9.48. The van der Waals surface area contributed by atoms with E-state index in [1.54, 1.807) is 0 Å². The summed E-state index contributed by atoms with van der Waals surface area (Å²) in [5.74, 6) is 0.0112. The number of aliphatic carboxylic acids is 1. The number of rotatable bonds is 2. The molecule has 2 atom stereocenters. The number of carboxylic acid groups (broad SMARTS) is 1. The number of carbonyl (C=O) groups is 1. The van der Waals surface area contributed by atoms with Crippen molar-refractivity contribution >= 4 is 5.97 Å². The van der Waals surface area contributed by atoms with Crippen LogP contribution in [0.5, 0.6) is 5.75 Å². The van der Waals surface area contributed by atoms with E-state index in [1.165, 1.54) is 5.56 Å². The zero-order chi connectivity index (χ0) is 11.8. The first-order chi connectivity index (χ1) is 8.25. The second-order valence-corrected chi connectivity index (χ2v) is 4.68. The molecule has 1 saturated heterocycles. The number of benzene rings is 1. The molecule has 4 nitrogen and oxygen atoms in total. The Bertz CT molecular complexity index is 458. The van der Waals surface area contributed by atoms with Crippen LogP contribution in [0.1, 0.15) is 17.0 Å². The number of nitrogens with one attached hydrogen (secondary N) is 1. The highest BCUT2D eigenvalue weighted by Gasteiger charge is 2.34. The molecule has 0 bridgehead atoms. The minimum atomic E-state index is -0.711. The van der Waals surface area contributed by atoms with Crippen molar-refractivity contribution in [3.8, 4) is 5.75 Å². The molecule has 1 fully saturated rings. The fourth-order valence-electron chi connectivity index (χ4n) is 2.73. The highest BCUT2D eigenvalue weighted by atomic mass is 16.5. The minimum absolute atomic E-state index is 0.0819. The lowest BCUT2D eigenvalue weighted by Gasteiger charge is -2.15. The number of ether oxygens (including phenoxy) is 1. The summed E-state index contributed by atoms with van der Waals surface area (Å²) in [5, 5.41) is 12.3. The second kappa shape index (κ2) is 4.04. The van der Waals surface area contributed by atoms with Crippen LogP contribution in [-0.4, -0.2) is 30.8 Å². The van der Waals surface area contributed by atoms with E-state index in [4.69, 9.17) is 4.74 Å². The van der Waals surface area contributed by atoms with Crippen molar-refractivity contribution in [2.24, 2.45) is 5.92 Å². The van der Waals surface area contributed by atoms with Gasteiger partial charge in [0.2, 0.25) is 0 Å². The second-order valence-electron chi connectivity index (χ2n) is 4.68. The number of carboxylic acids is 1. The smallest absolute Gasteiger partial charge is 0.308 e. The molecule has 0 saturated carbocycles. The Morgan fingerprint density at radius 2 is 2.29 bits per heavy atom. The molecular formula is C13H15NO3. The first-order valence-electron chi connectivity index (χ1n) is 5.95. The third-order valence-corrected chi connectivity index (χ3v) is 3.67. The van der Waals surface area contributed by atoms with E-state index in [0.717, 1.165) is 30.9 Å². The van der Waals surface area contributed by atoms with Gasteiger partial charge >= 0.3 is 5.97 Å². The summed E-state index contributed by atoms with van der Waals surface area (Å²) in [4.78, 5) is 11.2. The standard InChI is InChI=1S/C13H15NO3/c15-13(16)11-7-14-6-10(11)8-1-2-12-9(5-8)3-4-17-12/h1-2,5,10-11,14H,3-4,6-7H2,(H,15,16)/t10-,11-/m0/s1. The van der Waals surface area contributed by atoms with Crippen molar-refractivity contribution in [1.29, 1.82) is 0 Å². The highest BCUT2D eigenvalue weighted by molar-refractivity contribution is 5.72. The number of hydrogen-bond donors (Lipinski definition) is 2. The molecule has 0 radical (unpaired) electrons. The third kappa shape index (κ3) is 1.78. The first kappa shape index (κ1) is 10.6. The molecular weight excluding hydrogens is 218 g/mol. The monoisotopic (exact) mass is 233 g/mol. The van der Waals surface area contributed by atoms with E-state index < -0.39 is 5.97 Å². The number of fused-ring (bicyclic) bond motifs is 1. The van der Waals surface area contributed by atoms with Crippen LogP contribution in [0.3, 0.4) is 0 Å². The molecule has 0 aliphatic carbocycles. The summed E-state index contributed by atoms with van der Waals surface area (Å²) < 4.78 is 5.46. The van der Waals surface area contributed by atoms with Crippen LogP contribution in [0.2, 0.25) is 0 Å². The maximum absolute atomic E-state index is 11.2. The Morgan fingerprint density at radius 1 is 1.41 bits per heavy atom. The summed E-state index contributed by atoms with van der Waals surface area (Å²) in [7, 11) is 0. The summed E-state index contributed by atoms with van der Waals surface area (Å²) in [6.45, 7) is 2.05. The van der Waals surface area contributed by atoms with Crippen molar-refractivity contribution in [3.05, 3.63) is 29.3 Å². The molecule has 3 rings (SSSR count). The SMILES string of the molecule is O=C(O)[C@H]1CNC[C@H]1c1ccc2c(c1)CCO2. The molecule has 17 heavy (non-hydrogen) atoms. The van der Waals surface area contributed by atoms with Crippen molar-refractivity contribution in [1.82, 2.24) is 5.32 Å². The largest absolute Gasteiger partial charge is 0.493 e. The Hall–Kier alpha value is -1.55. The maximum atomic E-state index is 11.2. The fourth-order valence-corrected chi connectivity index (χ4v) is 2.73. The molecule has 4 heteroatoms. The minimum Gasteiger partial charge on any atom is -0.493 e. The lowest BCUT2D eigenvalue weighted by Crippen LogP contribution is -2.21. The molecule has 90 valence electrons. The topological polar surface area (TPSA) is 58.6 Å². The van der Waals surface area contributed by atoms with Crippen LogP contribution in [-0.2, 0) is 11.2 Å². The predicted molar refractivity (Wildman–Crippen MR) is 62.4 cm³/mol. The van der Waals surface area contributed by atoms with Crippen molar-refractivity contribution in [3.63, 3.8) is 0 Å². The van der Waals surface area contributed by atoms with Crippen molar-refractivity contribution in [2.75, 3.05) is 19.7 Å². The summed E-state index contributed by atoms with van der Waals surface area (Å²) in [5.41, 5.74) is 2.32. The van der Waals surface area contributed by atoms with Gasteiger partial charge in [-0.25, -0.2) is 0 Å². The van der Waals surface area contributed by atoms with Gasteiger partial charge in [-0.1, -0.05) is 12.1 Å². The van der Waals surface area contributed by atoms with Crippen LogP contribution in [0.4, 0.5) is 0 Å². The molecule has 2 aliphatic rings. The molecule has 1 aromatic rings. The molecule has 1 aromatic carbocycles. The Kier molecular flexibility index (Phi) is 2.52. The van der Waals surface area contributed by atoms with Gasteiger partial charge in [0.15, 0.2) is 0 Å². The van der Waals surface area contributed by atoms with E-state index in [0.29, 0.717) is 6.54 Å². The van der Waals surface area contributed by atoms with Crippen LogP contribution < -0.4 is 10.1 Å². The molecule has 2 heterocycles. The van der Waals surface area contributed by atoms with Crippen LogP contribution in [0.15, 0.2) is 18.2 Å². The van der Waals surface area contributed by atoms with Crippen LogP contribution in [0.25, 0.3) is 0 Å². The summed E-state index contributed by atoms with van der Waals surface area (Å²) in [6, 6.07) is 6.07. The van der Waals surface area contributed by atoms with E-state index in [2.05, 4.69) is 11.4 Å². The average molecular weight is 233 g/mol. The van der Waals surface area contributed by atoms with Gasteiger partial charge in [-0.05, 0) is 17.2 Å². The number of hydrogen-bond acceptors (Lipinski definition) is 3. The zero-order valence-electron chi connectivity index (χ0n) is 9.48.